The molecule has 0 aromatic carbocycles. The standard InChI is InChI=1S/C3H2As2F10N2/c6-4(7,8,9,10)16-2-1-3-17-5(11,12,13,14)15/h1H2. The molecule has 0 bridgehead atoms. The number of hydrogen-bond acceptors (Lipinski definition) is 0. The van der Waals surface area contributed by atoms with Crippen molar-refractivity contribution < 1.29 is 34.7 Å². The Bertz CT molecular complexity index is 412. The van der Waals surface area contributed by atoms with Crippen molar-refractivity contribution in [2.24, 2.45) is 0 Å². The van der Waals surface area contributed by atoms with Crippen molar-refractivity contribution in [3.63, 3.8) is 0 Å². The Morgan fingerprint density at radius 1 is 0.588 bits per heavy atom. The average Bonchev–Trinajstić information content (AvgIpc) is 1.73. The van der Waals surface area contributed by atoms with E-state index >= 15 is 0 Å². The molecule has 0 rings (SSSR count). The number of hydrogen-bond donors (Lipinski definition) is 0. The Labute approximate surface area is 89.0 Å². The van der Waals surface area contributed by atoms with Crippen molar-refractivity contribution in [3.8, 4) is 12.1 Å². The van der Waals surface area contributed by atoms with Crippen molar-refractivity contribution in [2.75, 3.05) is 0 Å². The molecule has 0 aliphatic carbocycles. The number of nitrogens with zero attached hydrogens (tertiary/aromatic N) is 2. The zero-order valence-electron chi connectivity index (χ0n) is 7.28. The van der Waals surface area contributed by atoms with Crippen LogP contribution in [0.25, 0.3) is 7.52 Å². The minimum absolute atomic E-state index is 0.432. The molecular weight excluding hydrogens is 404 g/mol. The van der Waals surface area contributed by atoms with E-state index in [9.17, 15) is 34.7 Å². The van der Waals surface area contributed by atoms with E-state index < -0.39 is 34.3 Å². The third kappa shape index (κ3) is 15.4. The summed E-state index contributed by atoms with van der Waals surface area (Å²) in [6, 6.07) is 0.864. The zero-order valence-corrected chi connectivity index (χ0v) is 11.0. The summed E-state index contributed by atoms with van der Waals surface area (Å²) in [6.07, 6.45) is -1.79. The Hall–Kier alpha value is -0.603. The molecule has 0 aromatic rings. The van der Waals surface area contributed by atoms with Crippen LogP contribution >= 0.6 is 0 Å². The summed E-state index contributed by atoms with van der Waals surface area (Å²) in [5.74, 6) is 0. The van der Waals surface area contributed by atoms with Gasteiger partial charge in [-0.3, -0.25) is 0 Å². The number of halogens is 10. The fourth-order valence-electron chi connectivity index (χ4n) is 0.373. The van der Waals surface area contributed by atoms with E-state index in [4.69, 9.17) is 0 Å². The van der Waals surface area contributed by atoms with E-state index in [1.807, 2.05) is 0 Å². The molecule has 0 radical (unpaired) electrons. The quantitative estimate of drug-likeness (QED) is 0.417. The molecule has 2 nitrogen and oxygen atoms in total. The monoisotopic (exact) mass is 406 g/mol. The minimum atomic E-state index is -10.9. The predicted molar refractivity (Wildman–Crippen MR) is 41.7 cm³/mol. The van der Waals surface area contributed by atoms with Crippen LogP contribution in [0.4, 0.5) is 34.7 Å². The summed E-state index contributed by atoms with van der Waals surface area (Å²) in [7, 11) is 0. The molecule has 0 unspecified atom stereocenters. The van der Waals surface area contributed by atoms with Gasteiger partial charge in [0.25, 0.3) is 0 Å². The van der Waals surface area contributed by atoms with Gasteiger partial charge in [-0.15, -0.1) is 0 Å². The molecule has 0 fully saturated rings. The van der Waals surface area contributed by atoms with E-state index in [0.29, 0.717) is 12.1 Å². The summed E-state index contributed by atoms with van der Waals surface area (Å²) in [4.78, 5) is 0. The molecule has 0 spiro atoms. The van der Waals surface area contributed by atoms with Crippen LogP contribution in [0.3, 0.4) is 0 Å². The van der Waals surface area contributed by atoms with E-state index in [2.05, 4.69) is 0 Å². The first kappa shape index (κ1) is 16.4. The summed E-state index contributed by atoms with van der Waals surface area (Å²) >= 11 is -21.7. The van der Waals surface area contributed by atoms with Crippen molar-refractivity contribution in [1.29, 1.82) is 0 Å². The third-order valence-electron chi connectivity index (χ3n) is 0.677. The first-order valence-corrected chi connectivity index (χ1v) is 12.0. The second-order valence-electron chi connectivity index (χ2n) is 2.73. The van der Waals surface area contributed by atoms with Gasteiger partial charge in [0, 0.05) is 0 Å². The van der Waals surface area contributed by atoms with Crippen molar-refractivity contribution in [3.05, 3.63) is 7.52 Å². The summed E-state index contributed by atoms with van der Waals surface area (Å²) in [6.45, 7) is 0. The van der Waals surface area contributed by atoms with Crippen molar-refractivity contribution in [2.45, 2.75) is 6.42 Å². The van der Waals surface area contributed by atoms with E-state index in [0.717, 1.165) is 7.52 Å². The van der Waals surface area contributed by atoms with Gasteiger partial charge in [-0.05, 0) is 0 Å². The second-order valence-corrected chi connectivity index (χ2v) is 12.1. The molecule has 0 N–H and O–H groups in total. The number of rotatable bonds is 0. The summed E-state index contributed by atoms with van der Waals surface area (Å²) in [5, 5.41) is 0. The maximum absolute atomic E-state index is 11.4. The molecule has 0 saturated heterocycles. The fraction of sp³-hybridized carbons (Fsp3) is 0.333. The van der Waals surface area contributed by atoms with Crippen LogP contribution in [0, 0.1) is 12.1 Å². The molecule has 14 heteroatoms. The van der Waals surface area contributed by atoms with Gasteiger partial charge in [0.05, 0.1) is 0 Å². The molecule has 0 aromatic heterocycles. The van der Waals surface area contributed by atoms with Crippen LogP contribution in [0.1, 0.15) is 6.42 Å². The van der Waals surface area contributed by atoms with E-state index in [1.165, 1.54) is 0 Å². The molecule has 0 amide bonds. The third-order valence-corrected chi connectivity index (χ3v) is 2.86. The van der Waals surface area contributed by atoms with Crippen LogP contribution in [0.5, 0.6) is 0 Å². The molecule has 0 atom stereocenters. The van der Waals surface area contributed by atoms with Gasteiger partial charge in [-0.25, -0.2) is 0 Å². The Morgan fingerprint density at radius 2 is 0.824 bits per heavy atom. The van der Waals surface area contributed by atoms with Gasteiger partial charge < -0.3 is 0 Å². The first-order valence-electron chi connectivity index (χ1n) is 3.24. The van der Waals surface area contributed by atoms with E-state index in [-0.39, 0.29) is 0 Å². The molecule has 0 aliphatic heterocycles. The van der Waals surface area contributed by atoms with Crippen LogP contribution in [0.15, 0.2) is 0 Å². The molecular formula is C3H2As2F10N2. The normalized spacial score (nSPS) is 20.4. The van der Waals surface area contributed by atoms with Gasteiger partial charge in [-0.1, -0.05) is 0 Å². The van der Waals surface area contributed by atoms with Crippen LogP contribution < -0.4 is 0 Å². The predicted octanol–water partition coefficient (Wildman–Crippen LogP) is 4.41. The first-order chi connectivity index (χ1) is 6.66. The van der Waals surface area contributed by atoms with Gasteiger partial charge in [-0.2, -0.15) is 0 Å². The molecule has 0 saturated carbocycles. The summed E-state index contributed by atoms with van der Waals surface area (Å²) in [5.41, 5.74) is 0. The van der Waals surface area contributed by atoms with Crippen molar-refractivity contribution in [1.82, 2.24) is 0 Å². The molecule has 17 heavy (non-hydrogen) atoms. The van der Waals surface area contributed by atoms with Gasteiger partial charge in [0.15, 0.2) is 0 Å². The topological polar surface area (TPSA) is 8.72 Å². The van der Waals surface area contributed by atoms with Crippen LogP contribution in [-0.4, -0.2) is 27.9 Å². The van der Waals surface area contributed by atoms with Gasteiger partial charge in [0.1, 0.15) is 0 Å². The molecule has 104 valence electrons. The van der Waals surface area contributed by atoms with E-state index in [1.54, 1.807) is 0 Å². The Kier molecular flexibility index (Phi) is 2.60. The molecule has 0 heterocycles. The maximum atomic E-state index is 11.4. The summed E-state index contributed by atoms with van der Waals surface area (Å²) < 4.78 is 116. The Balaban J connectivity index is 4.97. The SMILES string of the molecule is F[As-](F)(F)(F)(F)[N+]#CCC#[N+][As-](F)(F)(F)(F)F. The van der Waals surface area contributed by atoms with Gasteiger partial charge in [0.2, 0.25) is 0 Å². The van der Waals surface area contributed by atoms with Gasteiger partial charge >= 0.3 is 88.6 Å². The average molecular weight is 406 g/mol. The second kappa shape index (κ2) is 2.70. The Morgan fingerprint density at radius 3 is 1.00 bits per heavy atom. The zero-order chi connectivity index (χ0) is 14.4. The van der Waals surface area contributed by atoms with Crippen molar-refractivity contribution >= 4 is 27.9 Å². The van der Waals surface area contributed by atoms with Crippen LogP contribution in [-0.2, 0) is 0 Å². The fourth-order valence-corrected chi connectivity index (χ4v) is 1.79. The molecule has 0 aliphatic rings. The van der Waals surface area contributed by atoms with Crippen LogP contribution in [0.2, 0.25) is 0 Å².